The lowest BCUT2D eigenvalue weighted by atomic mass is 10.0. The number of aliphatic carboxylic acids is 1. The molecule has 3 rings (SSSR count). The van der Waals surface area contributed by atoms with Crippen molar-refractivity contribution in [1.29, 1.82) is 0 Å². The van der Waals surface area contributed by atoms with Crippen molar-refractivity contribution in [2.24, 2.45) is 0 Å². The number of fused-ring (bicyclic) bond motifs is 1. The molecule has 2 heterocycles. The molecule has 1 atom stereocenters. The Bertz CT molecular complexity index is 781. The summed E-state index contributed by atoms with van der Waals surface area (Å²) < 4.78 is 6.69. The number of hydrogen-bond acceptors (Lipinski definition) is 6. The maximum absolute atomic E-state index is 11.3. The zero-order valence-electron chi connectivity index (χ0n) is 11.9. The van der Waals surface area contributed by atoms with Gasteiger partial charge >= 0.3 is 5.97 Å². The lowest BCUT2D eigenvalue weighted by Crippen LogP contribution is -2.24. The average molecular weight is 302 g/mol. The van der Waals surface area contributed by atoms with Gasteiger partial charge < -0.3 is 20.3 Å². The van der Waals surface area contributed by atoms with E-state index in [-0.39, 0.29) is 11.4 Å². The van der Waals surface area contributed by atoms with Crippen molar-refractivity contribution in [2.75, 3.05) is 12.4 Å². The van der Waals surface area contributed by atoms with E-state index in [1.165, 1.54) is 19.3 Å². The van der Waals surface area contributed by atoms with Crippen molar-refractivity contribution in [3.05, 3.63) is 41.4 Å². The second-order valence-corrected chi connectivity index (χ2v) is 4.81. The Hall–Kier alpha value is -3.03. The Morgan fingerprint density at radius 2 is 2.23 bits per heavy atom. The van der Waals surface area contributed by atoms with Crippen molar-refractivity contribution in [2.45, 2.75) is 13.0 Å². The van der Waals surface area contributed by atoms with E-state index in [0.29, 0.717) is 17.5 Å². The minimum absolute atomic E-state index is 0.0117. The number of aromatic hydroxyl groups is 1. The first-order chi connectivity index (χ1) is 10.5. The molecule has 0 bridgehead atoms. The van der Waals surface area contributed by atoms with Crippen LogP contribution in [0.2, 0.25) is 0 Å². The summed E-state index contributed by atoms with van der Waals surface area (Å²) in [5, 5.41) is 25.9. The van der Waals surface area contributed by atoms with Gasteiger partial charge in [0.05, 0.1) is 7.11 Å². The van der Waals surface area contributed by atoms with Crippen LogP contribution < -0.4 is 10.1 Å². The molecular weight excluding hydrogens is 288 g/mol. The number of allylic oxidation sites excluding steroid dienone is 1. The Kier molecular flexibility index (Phi) is 3.21. The molecule has 8 heteroatoms. The molecule has 0 amide bonds. The minimum Gasteiger partial charge on any atom is -0.504 e. The van der Waals surface area contributed by atoms with Gasteiger partial charge in [0.25, 0.3) is 0 Å². The molecule has 22 heavy (non-hydrogen) atoms. The highest BCUT2D eigenvalue weighted by Gasteiger charge is 2.27. The molecule has 0 unspecified atom stereocenters. The number of nitrogens with one attached hydrogen (secondary N) is 1. The molecular formula is C14H14N4O4. The van der Waals surface area contributed by atoms with Crippen LogP contribution in [0.15, 0.2) is 30.0 Å². The third-order valence-electron chi connectivity index (χ3n) is 3.35. The largest absolute Gasteiger partial charge is 0.504 e. The van der Waals surface area contributed by atoms with Crippen LogP contribution in [0.4, 0.5) is 5.95 Å². The van der Waals surface area contributed by atoms with Crippen molar-refractivity contribution < 1.29 is 19.7 Å². The van der Waals surface area contributed by atoms with Crippen molar-refractivity contribution in [3.8, 4) is 11.5 Å². The van der Waals surface area contributed by atoms with Gasteiger partial charge in [-0.1, -0.05) is 6.07 Å². The number of nitrogens with zero attached hydrogens (tertiary/aromatic N) is 3. The van der Waals surface area contributed by atoms with Crippen LogP contribution >= 0.6 is 0 Å². The lowest BCUT2D eigenvalue weighted by Gasteiger charge is -2.22. The Morgan fingerprint density at radius 3 is 2.91 bits per heavy atom. The topological polar surface area (TPSA) is 110 Å². The van der Waals surface area contributed by atoms with Crippen LogP contribution in [0, 0.1) is 6.92 Å². The summed E-state index contributed by atoms with van der Waals surface area (Å²) in [6, 6.07) is 4.36. The highest BCUT2D eigenvalue weighted by atomic mass is 16.5. The third-order valence-corrected chi connectivity index (χ3v) is 3.35. The Balaban J connectivity index is 2.13. The summed E-state index contributed by atoms with van der Waals surface area (Å²) in [5.41, 5.74) is 0.748. The van der Waals surface area contributed by atoms with E-state index in [1.807, 2.05) is 0 Å². The molecule has 0 spiro atoms. The molecule has 1 aliphatic heterocycles. The molecule has 1 aliphatic rings. The first kappa shape index (κ1) is 13.9. The maximum atomic E-state index is 11.3. The fourth-order valence-corrected chi connectivity index (χ4v) is 2.34. The zero-order chi connectivity index (χ0) is 15.9. The van der Waals surface area contributed by atoms with Gasteiger partial charge in [0.2, 0.25) is 5.95 Å². The number of aromatic nitrogens is 3. The van der Waals surface area contributed by atoms with Crippen LogP contribution in [-0.4, -0.2) is 38.1 Å². The summed E-state index contributed by atoms with van der Waals surface area (Å²) in [6.07, 6.45) is 1.54. The number of methoxy groups -OCH3 is 1. The molecule has 8 nitrogen and oxygen atoms in total. The molecule has 0 fully saturated rings. The number of aryl methyl sites for hydroxylation is 1. The third kappa shape index (κ3) is 2.24. The lowest BCUT2D eigenvalue weighted by molar-refractivity contribution is -0.132. The average Bonchev–Trinajstić information content (AvgIpc) is 2.86. The van der Waals surface area contributed by atoms with Crippen LogP contribution in [0.25, 0.3) is 0 Å². The van der Waals surface area contributed by atoms with E-state index in [2.05, 4.69) is 15.4 Å². The van der Waals surface area contributed by atoms with Gasteiger partial charge in [-0.3, -0.25) is 0 Å². The van der Waals surface area contributed by atoms with E-state index < -0.39 is 12.0 Å². The van der Waals surface area contributed by atoms with Crippen LogP contribution in [0.3, 0.4) is 0 Å². The molecule has 114 valence electrons. The van der Waals surface area contributed by atoms with Crippen LogP contribution in [-0.2, 0) is 4.79 Å². The van der Waals surface area contributed by atoms with E-state index >= 15 is 0 Å². The summed E-state index contributed by atoms with van der Waals surface area (Å²) in [5.74, 6) is 0.118. The number of phenols is 1. The number of anilines is 1. The summed E-state index contributed by atoms with van der Waals surface area (Å²) in [4.78, 5) is 15.4. The van der Waals surface area contributed by atoms with E-state index in [0.717, 1.165) is 5.56 Å². The molecule has 0 radical (unpaired) electrons. The predicted octanol–water partition coefficient (Wildman–Crippen LogP) is 1.28. The number of carboxylic acid groups (broad SMARTS) is 1. The monoisotopic (exact) mass is 302 g/mol. The van der Waals surface area contributed by atoms with E-state index in [1.54, 1.807) is 23.7 Å². The van der Waals surface area contributed by atoms with Crippen molar-refractivity contribution >= 4 is 11.9 Å². The second kappa shape index (κ2) is 5.06. The fraction of sp³-hybridized carbons (Fsp3) is 0.214. The molecule has 1 aromatic carbocycles. The van der Waals surface area contributed by atoms with Gasteiger partial charge in [0.1, 0.15) is 17.6 Å². The molecule has 0 saturated carbocycles. The van der Waals surface area contributed by atoms with Gasteiger partial charge in [-0.05, 0) is 30.7 Å². The molecule has 1 aromatic heterocycles. The predicted molar refractivity (Wildman–Crippen MR) is 76.9 cm³/mol. The zero-order valence-corrected chi connectivity index (χ0v) is 11.9. The molecule has 0 saturated heterocycles. The Labute approximate surface area is 125 Å². The maximum Gasteiger partial charge on any atom is 0.352 e. The van der Waals surface area contributed by atoms with Crippen molar-refractivity contribution in [1.82, 2.24) is 14.8 Å². The Morgan fingerprint density at radius 1 is 1.45 bits per heavy atom. The van der Waals surface area contributed by atoms with Gasteiger partial charge in [0, 0.05) is 0 Å². The normalized spacial score (nSPS) is 16.5. The summed E-state index contributed by atoms with van der Waals surface area (Å²) in [7, 11) is 1.45. The van der Waals surface area contributed by atoms with Gasteiger partial charge in [-0.25, -0.2) is 9.48 Å². The minimum atomic E-state index is -1.08. The van der Waals surface area contributed by atoms with Crippen molar-refractivity contribution in [3.63, 3.8) is 0 Å². The smallest absolute Gasteiger partial charge is 0.352 e. The number of hydrogen-bond donors (Lipinski definition) is 3. The standard InChI is InChI=1S/C14H14N4O4/c1-7-15-14-16-9(13(20)21)6-10(18(14)17-7)8-3-4-11(19)12(5-8)22-2/h3-6,10,19H,1-2H3,(H,20,21)(H,15,16,17)/t10-/m1/s1. The highest BCUT2D eigenvalue weighted by molar-refractivity contribution is 5.90. The SMILES string of the molecule is COc1cc([C@H]2C=C(C(=O)O)Nc3nc(C)nn32)ccc1O. The number of rotatable bonds is 3. The quantitative estimate of drug-likeness (QED) is 0.783. The summed E-state index contributed by atoms with van der Waals surface area (Å²) in [6.45, 7) is 1.72. The van der Waals surface area contributed by atoms with Gasteiger partial charge in [-0.2, -0.15) is 10.1 Å². The number of phenolic OH excluding ortho intramolecular Hbond substituents is 1. The number of benzene rings is 1. The number of carboxylic acids is 1. The highest BCUT2D eigenvalue weighted by Crippen LogP contribution is 2.34. The second-order valence-electron chi connectivity index (χ2n) is 4.81. The molecule has 0 aliphatic carbocycles. The number of ether oxygens (including phenoxy) is 1. The van der Waals surface area contributed by atoms with E-state index in [9.17, 15) is 15.0 Å². The molecule has 2 aromatic rings. The van der Waals surface area contributed by atoms with E-state index in [4.69, 9.17) is 4.74 Å². The first-order valence-corrected chi connectivity index (χ1v) is 6.52. The fourth-order valence-electron chi connectivity index (χ4n) is 2.34. The summed E-state index contributed by atoms with van der Waals surface area (Å²) >= 11 is 0. The van der Waals surface area contributed by atoms with Crippen LogP contribution in [0.5, 0.6) is 11.5 Å². The van der Waals surface area contributed by atoms with Gasteiger partial charge in [0.15, 0.2) is 11.5 Å². The molecule has 3 N–H and O–H groups in total. The number of carbonyl (C=O) groups is 1. The van der Waals surface area contributed by atoms with Gasteiger partial charge in [-0.15, -0.1) is 0 Å². The van der Waals surface area contributed by atoms with Crippen LogP contribution in [0.1, 0.15) is 17.4 Å². The first-order valence-electron chi connectivity index (χ1n) is 6.52.